The Kier molecular flexibility index (Phi) is 8.62. The summed E-state index contributed by atoms with van der Waals surface area (Å²) in [4.78, 5) is 24.0. The van der Waals surface area contributed by atoms with Gasteiger partial charge in [0.2, 0.25) is 0 Å². The lowest BCUT2D eigenvalue weighted by Gasteiger charge is -2.40. The number of rotatable bonds is 5. The number of fused-ring (bicyclic) bond motifs is 2. The molecule has 1 aromatic carbocycles. The van der Waals surface area contributed by atoms with Crippen molar-refractivity contribution < 1.29 is 14.0 Å². The number of nitrogens with zero attached hydrogens (tertiary/aromatic N) is 3. The summed E-state index contributed by atoms with van der Waals surface area (Å²) in [5.41, 5.74) is 5.43. The minimum absolute atomic E-state index is 0.117. The van der Waals surface area contributed by atoms with E-state index in [0.717, 1.165) is 68.6 Å². The van der Waals surface area contributed by atoms with E-state index in [9.17, 15) is 4.79 Å². The fraction of sp³-hybridized carbons (Fsp3) is 0.611. The van der Waals surface area contributed by atoms with Crippen molar-refractivity contribution >= 4 is 53.3 Å². The topological polar surface area (TPSA) is 54.9 Å². The van der Waals surface area contributed by atoms with Crippen LogP contribution in [0.25, 0.3) is 21.3 Å². The smallest absolute Gasteiger partial charge is 0.410 e. The van der Waals surface area contributed by atoms with E-state index in [0.29, 0.717) is 12.6 Å². The highest BCUT2D eigenvalue weighted by molar-refractivity contribution is 7.19. The first-order chi connectivity index (χ1) is 21.1. The summed E-state index contributed by atoms with van der Waals surface area (Å²) in [7, 11) is -1.87. The molecule has 2 atom stereocenters. The molecule has 2 aliphatic heterocycles. The van der Waals surface area contributed by atoms with E-state index < -0.39 is 13.9 Å². The number of pyridine rings is 1. The Morgan fingerprint density at radius 2 is 1.87 bits per heavy atom. The van der Waals surface area contributed by atoms with Crippen LogP contribution in [-0.2, 0) is 22.2 Å². The molecule has 6 nitrogen and oxygen atoms in total. The normalized spacial score (nSPS) is 22.5. The van der Waals surface area contributed by atoms with Crippen LogP contribution in [0.3, 0.4) is 0 Å². The Labute approximate surface area is 279 Å². The molecule has 0 bridgehead atoms. The zero-order valence-corrected chi connectivity index (χ0v) is 31.0. The van der Waals surface area contributed by atoms with Crippen LogP contribution in [0.2, 0.25) is 23.2 Å². The molecule has 244 valence electrons. The standard InChI is InChI=1S/C36H50ClN3O3SSi/c1-34(2,3)43-33(41)40-18-10-14-36(40)15-12-26(22-36)39-17-9-11-24-19-25(37)20-29(31(24)39)28-13-16-38-30-21-27(44-32(28)30)23-42-45(7,8)35(4,5)6/h13,16,19-21,26H,9-12,14-15,17-18,22-23H2,1-8H3. The number of amides is 1. The van der Waals surface area contributed by atoms with Gasteiger partial charge >= 0.3 is 6.09 Å². The molecular formula is C36H50ClN3O3SSi. The number of hydrogen-bond donors (Lipinski definition) is 0. The highest BCUT2D eigenvalue weighted by Gasteiger charge is 2.51. The first-order valence-corrected chi connectivity index (χ1v) is 20.8. The van der Waals surface area contributed by atoms with Gasteiger partial charge in [0.15, 0.2) is 8.32 Å². The lowest BCUT2D eigenvalue weighted by atomic mass is 9.91. The van der Waals surface area contributed by atoms with Gasteiger partial charge in [0.05, 0.1) is 16.8 Å². The molecular weight excluding hydrogens is 618 g/mol. The summed E-state index contributed by atoms with van der Waals surface area (Å²) in [6.07, 6.45) is 9.07. The van der Waals surface area contributed by atoms with Gasteiger partial charge < -0.3 is 19.0 Å². The average molecular weight is 668 g/mol. The Morgan fingerprint density at radius 1 is 1.09 bits per heavy atom. The number of anilines is 1. The maximum atomic E-state index is 13.3. The second kappa shape index (κ2) is 11.8. The van der Waals surface area contributed by atoms with Crippen molar-refractivity contribution in [2.75, 3.05) is 18.0 Å². The van der Waals surface area contributed by atoms with Gasteiger partial charge in [-0.3, -0.25) is 4.98 Å². The highest BCUT2D eigenvalue weighted by Crippen LogP contribution is 2.50. The van der Waals surface area contributed by atoms with Crippen molar-refractivity contribution in [3.63, 3.8) is 0 Å². The number of thiophene rings is 1. The number of likely N-dealkylation sites (tertiary alicyclic amines) is 1. The predicted octanol–water partition coefficient (Wildman–Crippen LogP) is 10.2. The predicted molar refractivity (Wildman–Crippen MR) is 190 cm³/mol. The number of hydrogen-bond acceptors (Lipinski definition) is 6. The summed E-state index contributed by atoms with van der Waals surface area (Å²) in [6.45, 7) is 19.7. The van der Waals surface area contributed by atoms with Crippen molar-refractivity contribution in [2.24, 2.45) is 0 Å². The fourth-order valence-electron chi connectivity index (χ4n) is 7.40. The van der Waals surface area contributed by atoms with Gasteiger partial charge in [-0.2, -0.15) is 0 Å². The molecule has 0 N–H and O–H groups in total. The zero-order valence-electron chi connectivity index (χ0n) is 28.4. The number of carbonyl (C=O) groups excluding carboxylic acids is 1. The van der Waals surface area contributed by atoms with Crippen molar-refractivity contribution in [1.82, 2.24) is 9.88 Å². The van der Waals surface area contributed by atoms with E-state index in [2.05, 4.69) is 67.9 Å². The van der Waals surface area contributed by atoms with Gasteiger partial charge in [-0.1, -0.05) is 32.4 Å². The average Bonchev–Trinajstić information content (AvgIpc) is 3.68. The molecule has 1 spiro atoms. The summed E-state index contributed by atoms with van der Waals surface area (Å²) in [5.74, 6) is 0. The Morgan fingerprint density at radius 3 is 2.60 bits per heavy atom. The van der Waals surface area contributed by atoms with Crippen LogP contribution in [0.5, 0.6) is 0 Å². The molecule has 1 saturated carbocycles. The first-order valence-electron chi connectivity index (χ1n) is 16.7. The summed E-state index contributed by atoms with van der Waals surface area (Å²) in [6, 6.07) is 9.06. The molecule has 1 amide bonds. The maximum Gasteiger partial charge on any atom is 0.410 e. The maximum absolute atomic E-state index is 13.3. The lowest BCUT2D eigenvalue weighted by Crippen LogP contribution is -2.49. The van der Waals surface area contributed by atoms with Crippen LogP contribution in [-0.4, -0.2) is 54.6 Å². The van der Waals surface area contributed by atoms with E-state index in [4.69, 9.17) is 25.7 Å². The number of aromatic nitrogens is 1. The van der Waals surface area contributed by atoms with Crippen LogP contribution in [0.1, 0.15) is 90.5 Å². The minimum Gasteiger partial charge on any atom is -0.444 e. The highest BCUT2D eigenvalue weighted by atomic mass is 35.5. The third-order valence-electron chi connectivity index (χ3n) is 10.6. The van der Waals surface area contributed by atoms with Crippen LogP contribution >= 0.6 is 22.9 Å². The number of ether oxygens (including phenoxy) is 1. The number of benzene rings is 1. The lowest BCUT2D eigenvalue weighted by molar-refractivity contribution is 0.00857. The molecule has 1 aliphatic carbocycles. The quantitative estimate of drug-likeness (QED) is 0.254. The fourth-order valence-corrected chi connectivity index (χ4v) is 9.75. The SMILES string of the molecule is CC(C)(C)OC(=O)N1CCCC12CCC(N1CCCc3cc(Cl)cc(-c4ccnc5cc(CO[Si](C)(C)C(C)(C)C)sc45)c31)C2. The number of aryl methyl sites for hydroxylation is 1. The molecule has 9 heteroatoms. The molecule has 2 unspecified atom stereocenters. The van der Waals surface area contributed by atoms with Gasteiger partial charge in [0, 0.05) is 57.6 Å². The molecule has 1 saturated heterocycles. The monoisotopic (exact) mass is 667 g/mol. The first kappa shape index (κ1) is 32.8. The van der Waals surface area contributed by atoms with E-state index in [1.165, 1.54) is 32.0 Å². The zero-order chi connectivity index (χ0) is 32.4. The van der Waals surface area contributed by atoms with Gasteiger partial charge in [0.25, 0.3) is 0 Å². The van der Waals surface area contributed by atoms with E-state index >= 15 is 0 Å². The summed E-state index contributed by atoms with van der Waals surface area (Å²) in [5, 5.41) is 0.945. The molecule has 3 aliphatic rings. The number of halogens is 1. The van der Waals surface area contributed by atoms with Crippen molar-refractivity contribution in [1.29, 1.82) is 0 Å². The van der Waals surface area contributed by atoms with E-state index in [-0.39, 0.29) is 16.7 Å². The molecule has 4 heterocycles. The molecule has 6 rings (SSSR count). The Bertz CT molecular complexity index is 1590. The summed E-state index contributed by atoms with van der Waals surface area (Å²) < 4.78 is 13.7. The minimum atomic E-state index is -1.87. The summed E-state index contributed by atoms with van der Waals surface area (Å²) >= 11 is 8.64. The molecule has 2 fully saturated rings. The van der Waals surface area contributed by atoms with Crippen molar-refractivity contribution in [3.05, 3.63) is 45.9 Å². The van der Waals surface area contributed by atoms with Crippen LogP contribution < -0.4 is 4.90 Å². The largest absolute Gasteiger partial charge is 0.444 e. The Balaban J connectivity index is 1.33. The third kappa shape index (κ3) is 6.41. The van der Waals surface area contributed by atoms with Crippen LogP contribution in [0, 0.1) is 0 Å². The molecule has 0 radical (unpaired) electrons. The molecule has 2 aromatic heterocycles. The van der Waals surface area contributed by atoms with Crippen LogP contribution in [0.4, 0.5) is 10.5 Å². The van der Waals surface area contributed by atoms with Gasteiger partial charge in [-0.15, -0.1) is 11.3 Å². The van der Waals surface area contributed by atoms with E-state index in [1.807, 2.05) is 27.0 Å². The van der Waals surface area contributed by atoms with Gasteiger partial charge in [-0.25, -0.2) is 4.79 Å². The van der Waals surface area contributed by atoms with Gasteiger partial charge in [-0.05, 0) is 114 Å². The van der Waals surface area contributed by atoms with Gasteiger partial charge in [0.1, 0.15) is 5.60 Å². The second-order valence-electron chi connectivity index (χ2n) is 15.9. The molecule has 3 aromatic rings. The molecule has 45 heavy (non-hydrogen) atoms. The van der Waals surface area contributed by atoms with E-state index in [1.54, 1.807) is 11.3 Å². The second-order valence-corrected chi connectivity index (χ2v) is 22.3. The van der Waals surface area contributed by atoms with Crippen molar-refractivity contribution in [3.8, 4) is 11.1 Å². The van der Waals surface area contributed by atoms with Crippen LogP contribution in [0.15, 0.2) is 30.5 Å². The van der Waals surface area contributed by atoms with Crippen molar-refractivity contribution in [2.45, 2.75) is 128 Å². The Hall–Kier alpha value is -2.13. The third-order valence-corrected chi connectivity index (χ3v) is 16.5. The number of carbonyl (C=O) groups is 1.